The van der Waals surface area contributed by atoms with Crippen molar-refractivity contribution in [2.75, 3.05) is 24.5 Å². The molecule has 0 spiro atoms. The fourth-order valence-electron chi connectivity index (χ4n) is 2.45. The van der Waals surface area contributed by atoms with Gasteiger partial charge in [-0.05, 0) is 34.6 Å². The van der Waals surface area contributed by atoms with Gasteiger partial charge < -0.3 is 14.5 Å². The molecule has 1 aliphatic heterocycles. The van der Waals surface area contributed by atoms with E-state index >= 15 is 0 Å². The highest BCUT2D eigenvalue weighted by Gasteiger charge is 2.31. The van der Waals surface area contributed by atoms with Gasteiger partial charge in [-0.25, -0.2) is 9.78 Å². The van der Waals surface area contributed by atoms with Crippen molar-refractivity contribution in [1.82, 2.24) is 14.9 Å². The van der Waals surface area contributed by atoms with Gasteiger partial charge in [-0.3, -0.25) is 4.98 Å². The molecule has 1 aromatic rings. The number of nitrogens with zero attached hydrogens (tertiary/aromatic N) is 4. The molecule has 1 fully saturated rings. The van der Waals surface area contributed by atoms with Gasteiger partial charge >= 0.3 is 6.09 Å². The molecule has 1 aromatic heterocycles. The van der Waals surface area contributed by atoms with E-state index in [9.17, 15) is 4.79 Å². The number of carbonyl (C=O) groups is 1. The molecular formula is C15H24N4O2. The smallest absolute Gasteiger partial charge is 0.410 e. The number of amides is 1. The minimum Gasteiger partial charge on any atom is -0.444 e. The quantitative estimate of drug-likeness (QED) is 0.794. The van der Waals surface area contributed by atoms with E-state index < -0.39 is 5.60 Å². The Morgan fingerprint density at radius 2 is 1.95 bits per heavy atom. The molecule has 0 N–H and O–H groups in total. The summed E-state index contributed by atoms with van der Waals surface area (Å²) in [5.41, 5.74) is 0.450. The number of anilines is 1. The molecule has 6 heteroatoms. The minimum absolute atomic E-state index is 0.0787. The average molecular weight is 292 g/mol. The third-order valence-electron chi connectivity index (χ3n) is 3.41. The van der Waals surface area contributed by atoms with E-state index in [1.54, 1.807) is 17.3 Å². The van der Waals surface area contributed by atoms with Gasteiger partial charge in [0.05, 0.1) is 5.69 Å². The van der Waals surface area contributed by atoms with Gasteiger partial charge in [-0.15, -0.1) is 0 Å². The van der Waals surface area contributed by atoms with Gasteiger partial charge in [0, 0.05) is 38.1 Å². The first kappa shape index (κ1) is 15.5. The molecular weight excluding hydrogens is 268 g/mol. The number of hydrogen-bond acceptors (Lipinski definition) is 5. The highest BCUT2D eigenvalue weighted by molar-refractivity contribution is 5.69. The lowest BCUT2D eigenvalue weighted by atomic mass is 10.2. The third kappa shape index (κ3) is 3.83. The number of rotatable bonds is 1. The maximum atomic E-state index is 12.2. The maximum Gasteiger partial charge on any atom is 0.410 e. The molecule has 0 radical (unpaired) electrons. The van der Waals surface area contributed by atoms with Crippen LogP contribution in [0.25, 0.3) is 0 Å². The van der Waals surface area contributed by atoms with Crippen molar-refractivity contribution in [2.24, 2.45) is 0 Å². The topological polar surface area (TPSA) is 58.6 Å². The summed E-state index contributed by atoms with van der Waals surface area (Å²) in [7, 11) is 0. The number of hydrogen-bond donors (Lipinski definition) is 0. The highest BCUT2D eigenvalue weighted by atomic mass is 16.6. The summed E-state index contributed by atoms with van der Waals surface area (Å²) in [6, 6.07) is 0.0787. The molecule has 1 saturated heterocycles. The molecule has 1 atom stereocenters. The molecule has 1 aliphatic rings. The fourth-order valence-corrected chi connectivity index (χ4v) is 2.45. The molecule has 21 heavy (non-hydrogen) atoms. The van der Waals surface area contributed by atoms with E-state index in [2.05, 4.69) is 14.9 Å². The maximum absolute atomic E-state index is 12.2. The number of piperazine rings is 1. The SMILES string of the molecule is Cc1nccnc1N1CCN(C(=O)OC(C)(C)C)[C@@H](C)C1. The van der Waals surface area contributed by atoms with Crippen LogP contribution >= 0.6 is 0 Å². The molecule has 1 amide bonds. The highest BCUT2D eigenvalue weighted by Crippen LogP contribution is 2.20. The van der Waals surface area contributed by atoms with E-state index in [1.165, 1.54) is 0 Å². The standard InChI is InChI=1S/C15H24N4O2/c1-11-10-18(13-12(2)16-6-7-17-13)8-9-19(11)14(20)21-15(3,4)5/h6-7,11H,8-10H2,1-5H3/t11-/m0/s1. The van der Waals surface area contributed by atoms with E-state index in [4.69, 9.17) is 4.74 Å². The summed E-state index contributed by atoms with van der Waals surface area (Å²) in [5, 5.41) is 0. The fraction of sp³-hybridized carbons (Fsp3) is 0.667. The summed E-state index contributed by atoms with van der Waals surface area (Å²) >= 11 is 0. The van der Waals surface area contributed by atoms with Crippen LogP contribution < -0.4 is 4.90 Å². The van der Waals surface area contributed by atoms with E-state index in [0.717, 1.165) is 24.6 Å². The van der Waals surface area contributed by atoms with Crippen molar-refractivity contribution >= 4 is 11.9 Å². The van der Waals surface area contributed by atoms with Gasteiger partial charge in [-0.2, -0.15) is 0 Å². The number of carbonyl (C=O) groups excluding carboxylic acids is 1. The monoisotopic (exact) mass is 292 g/mol. The summed E-state index contributed by atoms with van der Waals surface area (Å²) in [4.78, 5) is 24.8. The van der Waals surface area contributed by atoms with Crippen molar-refractivity contribution in [3.8, 4) is 0 Å². The number of aromatic nitrogens is 2. The Bertz CT molecular complexity index is 513. The van der Waals surface area contributed by atoms with Crippen molar-refractivity contribution < 1.29 is 9.53 Å². The van der Waals surface area contributed by atoms with E-state index in [1.807, 2.05) is 34.6 Å². The third-order valence-corrected chi connectivity index (χ3v) is 3.41. The second-order valence-electron chi connectivity index (χ2n) is 6.43. The normalized spacial score (nSPS) is 19.6. The Labute approximate surface area is 126 Å². The molecule has 116 valence electrons. The summed E-state index contributed by atoms with van der Waals surface area (Å²) in [6.45, 7) is 11.7. The second-order valence-corrected chi connectivity index (χ2v) is 6.43. The Balaban J connectivity index is 2.03. The molecule has 2 heterocycles. The molecule has 6 nitrogen and oxygen atoms in total. The average Bonchev–Trinajstić information content (AvgIpc) is 2.37. The Morgan fingerprint density at radius 1 is 1.29 bits per heavy atom. The predicted molar refractivity (Wildman–Crippen MR) is 81.4 cm³/mol. The van der Waals surface area contributed by atoms with Crippen molar-refractivity contribution in [3.63, 3.8) is 0 Å². The Morgan fingerprint density at radius 3 is 2.52 bits per heavy atom. The van der Waals surface area contributed by atoms with Crippen molar-refractivity contribution in [3.05, 3.63) is 18.1 Å². The van der Waals surface area contributed by atoms with Crippen LogP contribution in [0, 0.1) is 6.92 Å². The van der Waals surface area contributed by atoms with Crippen LogP contribution in [0.1, 0.15) is 33.4 Å². The van der Waals surface area contributed by atoms with Crippen LogP contribution in [0.4, 0.5) is 10.6 Å². The first-order chi connectivity index (χ1) is 9.78. The van der Waals surface area contributed by atoms with Crippen LogP contribution in [0.15, 0.2) is 12.4 Å². The molecule has 0 aliphatic carbocycles. The predicted octanol–water partition coefficient (Wildman–Crippen LogP) is 2.23. The molecule has 0 saturated carbocycles. The summed E-state index contributed by atoms with van der Waals surface area (Å²) < 4.78 is 5.45. The Hall–Kier alpha value is -1.85. The lowest BCUT2D eigenvalue weighted by Gasteiger charge is -2.40. The molecule has 0 bridgehead atoms. The zero-order chi connectivity index (χ0) is 15.6. The van der Waals surface area contributed by atoms with Crippen LogP contribution in [-0.4, -0.2) is 52.2 Å². The molecule has 0 unspecified atom stereocenters. The molecule has 0 aromatic carbocycles. The zero-order valence-electron chi connectivity index (χ0n) is 13.5. The van der Waals surface area contributed by atoms with Gasteiger partial charge in [0.2, 0.25) is 0 Å². The van der Waals surface area contributed by atoms with Gasteiger partial charge in [-0.1, -0.05) is 0 Å². The first-order valence-corrected chi connectivity index (χ1v) is 7.30. The van der Waals surface area contributed by atoms with Crippen LogP contribution in [0.5, 0.6) is 0 Å². The largest absolute Gasteiger partial charge is 0.444 e. The number of ether oxygens (including phenoxy) is 1. The van der Waals surface area contributed by atoms with Crippen molar-refractivity contribution in [2.45, 2.75) is 46.3 Å². The van der Waals surface area contributed by atoms with Crippen LogP contribution in [0.2, 0.25) is 0 Å². The second kappa shape index (κ2) is 5.87. The lowest BCUT2D eigenvalue weighted by Crippen LogP contribution is -2.55. The first-order valence-electron chi connectivity index (χ1n) is 7.30. The minimum atomic E-state index is -0.463. The van der Waals surface area contributed by atoms with Crippen molar-refractivity contribution in [1.29, 1.82) is 0 Å². The van der Waals surface area contributed by atoms with Crippen LogP contribution in [-0.2, 0) is 4.74 Å². The Kier molecular flexibility index (Phi) is 4.34. The van der Waals surface area contributed by atoms with Gasteiger partial charge in [0.15, 0.2) is 0 Å². The zero-order valence-corrected chi connectivity index (χ0v) is 13.5. The lowest BCUT2D eigenvalue weighted by molar-refractivity contribution is 0.0158. The summed E-state index contributed by atoms with van der Waals surface area (Å²) in [6.07, 6.45) is 3.15. The van der Waals surface area contributed by atoms with E-state index in [-0.39, 0.29) is 12.1 Å². The van der Waals surface area contributed by atoms with Gasteiger partial charge in [0.1, 0.15) is 11.4 Å². The summed E-state index contributed by atoms with van der Waals surface area (Å²) in [5.74, 6) is 0.896. The molecule has 2 rings (SSSR count). The van der Waals surface area contributed by atoms with Crippen LogP contribution in [0.3, 0.4) is 0 Å². The number of aryl methyl sites for hydroxylation is 1. The van der Waals surface area contributed by atoms with E-state index in [0.29, 0.717) is 6.54 Å². The van der Waals surface area contributed by atoms with Gasteiger partial charge in [0.25, 0.3) is 0 Å².